The molecule has 0 saturated heterocycles. The molecule has 0 aromatic carbocycles. The summed E-state index contributed by atoms with van der Waals surface area (Å²) in [7, 11) is 0. The first kappa shape index (κ1) is 12.4. The van der Waals surface area contributed by atoms with Gasteiger partial charge in [0, 0.05) is 17.7 Å². The molecule has 1 saturated carbocycles. The van der Waals surface area contributed by atoms with Gasteiger partial charge >= 0.3 is 0 Å². The zero-order chi connectivity index (χ0) is 13.2. The second-order valence-corrected chi connectivity index (χ2v) is 5.24. The van der Waals surface area contributed by atoms with E-state index in [1.54, 1.807) is 0 Å². The number of H-pyrrole nitrogens is 1. The maximum Gasteiger partial charge on any atom is 0.276 e. The number of aromatic nitrogens is 4. The van der Waals surface area contributed by atoms with E-state index in [1.807, 2.05) is 0 Å². The van der Waals surface area contributed by atoms with Crippen LogP contribution in [0.2, 0.25) is 0 Å². The van der Waals surface area contributed by atoms with Crippen molar-refractivity contribution in [3.63, 3.8) is 0 Å². The first-order valence-electron chi connectivity index (χ1n) is 5.91. The Kier molecular flexibility index (Phi) is 3.34. The molecule has 7 nitrogen and oxygen atoms in total. The van der Waals surface area contributed by atoms with Crippen molar-refractivity contribution in [1.82, 2.24) is 20.2 Å². The van der Waals surface area contributed by atoms with Gasteiger partial charge in [0.15, 0.2) is 0 Å². The third-order valence-corrected chi connectivity index (χ3v) is 3.54. The number of aliphatic hydroxyl groups excluding tert-OH is 1. The molecule has 0 atom stereocenters. The number of aliphatic hydroxyl groups is 1. The average Bonchev–Trinajstić information content (AvgIpc) is 3.15. The Bertz CT molecular complexity index is 635. The molecule has 0 spiro atoms. The zero-order valence-electron chi connectivity index (χ0n) is 10.00. The quantitative estimate of drug-likeness (QED) is 0.781. The molecule has 19 heavy (non-hydrogen) atoms. The summed E-state index contributed by atoms with van der Waals surface area (Å²) in [4.78, 5) is 17.9. The van der Waals surface area contributed by atoms with Gasteiger partial charge in [-0.25, -0.2) is 4.98 Å². The fourth-order valence-corrected chi connectivity index (χ4v) is 2.28. The first-order valence-corrected chi connectivity index (χ1v) is 6.89. The summed E-state index contributed by atoms with van der Waals surface area (Å²) in [5, 5.41) is 17.4. The van der Waals surface area contributed by atoms with Crippen LogP contribution in [0.3, 0.4) is 0 Å². The summed E-state index contributed by atoms with van der Waals surface area (Å²) in [6, 6.07) is 1.39. The monoisotopic (exact) mass is 280 g/mol. The lowest BCUT2D eigenvalue weighted by Crippen LogP contribution is -2.12. The molecule has 1 fully saturated rings. The molecule has 2 aromatic heterocycles. The van der Waals surface area contributed by atoms with Crippen molar-refractivity contribution >= 4 is 11.8 Å². The van der Waals surface area contributed by atoms with E-state index >= 15 is 0 Å². The van der Waals surface area contributed by atoms with E-state index in [2.05, 4.69) is 20.2 Å². The standard InChI is InChI=1S/C11H12N4O3S/c16-4-8-12-7(3-9(17)13-8)5-19-11-15-14-10(18-11)6-1-2-6/h3,6,16H,1-2,4-5H2,(H,12,13,17). The Morgan fingerprint density at radius 2 is 2.32 bits per heavy atom. The lowest BCUT2D eigenvalue weighted by molar-refractivity contribution is 0.270. The van der Waals surface area contributed by atoms with E-state index in [4.69, 9.17) is 9.52 Å². The van der Waals surface area contributed by atoms with E-state index in [0.29, 0.717) is 28.5 Å². The van der Waals surface area contributed by atoms with Gasteiger partial charge in [-0.05, 0) is 12.8 Å². The molecule has 2 N–H and O–H groups in total. The highest BCUT2D eigenvalue weighted by molar-refractivity contribution is 7.98. The molecule has 0 bridgehead atoms. The lowest BCUT2D eigenvalue weighted by atomic mass is 10.4. The molecule has 0 amide bonds. The first-order chi connectivity index (χ1) is 9.24. The largest absolute Gasteiger partial charge is 0.416 e. The summed E-state index contributed by atoms with van der Waals surface area (Å²) in [5.74, 6) is 1.83. The second-order valence-electron chi connectivity index (χ2n) is 4.31. The Balaban J connectivity index is 1.67. The molecule has 3 rings (SSSR count). The molecule has 8 heteroatoms. The fourth-order valence-electron chi connectivity index (χ4n) is 1.62. The van der Waals surface area contributed by atoms with Crippen LogP contribution in [0.25, 0.3) is 0 Å². The van der Waals surface area contributed by atoms with Crippen LogP contribution in [0.4, 0.5) is 0 Å². The SMILES string of the molecule is O=c1cc(CSc2nnc(C3CC3)o2)nc(CO)[nH]1. The van der Waals surface area contributed by atoms with Gasteiger partial charge in [-0.3, -0.25) is 4.79 Å². The summed E-state index contributed by atoms with van der Waals surface area (Å²) in [6.07, 6.45) is 2.23. The molecule has 1 aliphatic rings. The molecule has 0 unspecified atom stereocenters. The number of nitrogens with one attached hydrogen (secondary N) is 1. The minimum atomic E-state index is -0.292. The number of rotatable bonds is 5. The normalized spacial score (nSPS) is 14.8. The Labute approximate surface area is 112 Å². The third kappa shape index (κ3) is 3.02. The van der Waals surface area contributed by atoms with Crippen molar-refractivity contribution in [2.75, 3.05) is 0 Å². The summed E-state index contributed by atoms with van der Waals surface area (Å²) in [5.41, 5.74) is 0.294. The average molecular weight is 280 g/mol. The highest BCUT2D eigenvalue weighted by Gasteiger charge is 2.29. The highest BCUT2D eigenvalue weighted by Crippen LogP contribution is 2.39. The molecule has 2 aromatic rings. The van der Waals surface area contributed by atoms with Crippen LogP contribution in [0.15, 0.2) is 20.5 Å². The molecular formula is C11H12N4O3S. The van der Waals surface area contributed by atoms with Crippen LogP contribution in [0.1, 0.15) is 36.2 Å². The van der Waals surface area contributed by atoms with Gasteiger partial charge in [0.25, 0.3) is 10.8 Å². The van der Waals surface area contributed by atoms with Crippen molar-refractivity contribution < 1.29 is 9.52 Å². The fraction of sp³-hybridized carbons (Fsp3) is 0.455. The molecule has 1 aliphatic carbocycles. The molecule has 0 aliphatic heterocycles. The van der Waals surface area contributed by atoms with E-state index in [9.17, 15) is 4.79 Å². The Morgan fingerprint density at radius 3 is 3.05 bits per heavy atom. The van der Waals surface area contributed by atoms with E-state index < -0.39 is 0 Å². The van der Waals surface area contributed by atoms with Gasteiger partial charge in [-0.15, -0.1) is 10.2 Å². The van der Waals surface area contributed by atoms with Crippen molar-refractivity contribution in [3.05, 3.63) is 33.8 Å². The van der Waals surface area contributed by atoms with Crippen LogP contribution >= 0.6 is 11.8 Å². The van der Waals surface area contributed by atoms with Gasteiger partial charge in [0.2, 0.25) is 5.89 Å². The zero-order valence-corrected chi connectivity index (χ0v) is 10.8. The topological polar surface area (TPSA) is 105 Å². The van der Waals surface area contributed by atoms with Gasteiger partial charge in [0.1, 0.15) is 12.4 Å². The van der Waals surface area contributed by atoms with E-state index in [-0.39, 0.29) is 18.0 Å². The lowest BCUT2D eigenvalue weighted by Gasteiger charge is -2.00. The number of hydrogen-bond donors (Lipinski definition) is 2. The number of aromatic amines is 1. The van der Waals surface area contributed by atoms with Gasteiger partial charge < -0.3 is 14.5 Å². The summed E-state index contributed by atoms with van der Waals surface area (Å²) >= 11 is 1.33. The molecule has 2 heterocycles. The smallest absolute Gasteiger partial charge is 0.276 e. The highest BCUT2D eigenvalue weighted by atomic mass is 32.2. The number of nitrogens with zero attached hydrogens (tertiary/aromatic N) is 3. The van der Waals surface area contributed by atoms with Crippen molar-refractivity contribution in [3.8, 4) is 0 Å². The van der Waals surface area contributed by atoms with Crippen molar-refractivity contribution in [2.45, 2.75) is 36.3 Å². The van der Waals surface area contributed by atoms with Crippen molar-refractivity contribution in [1.29, 1.82) is 0 Å². The van der Waals surface area contributed by atoms with Crippen molar-refractivity contribution in [2.24, 2.45) is 0 Å². The minimum absolute atomic E-state index is 0.257. The van der Waals surface area contributed by atoms with Crippen LogP contribution in [0.5, 0.6) is 0 Å². The maximum absolute atomic E-state index is 11.3. The number of hydrogen-bond acceptors (Lipinski definition) is 7. The summed E-state index contributed by atoms with van der Waals surface area (Å²) < 4.78 is 5.49. The molecule has 100 valence electrons. The van der Waals surface area contributed by atoms with Crippen LogP contribution in [-0.4, -0.2) is 25.3 Å². The summed E-state index contributed by atoms with van der Waals surface area (Å²) in [6.45, 7) is -0.292. The van der Waals surface area contributed by atoms with Crippen LogP contribution in [0, 0.1) is 0 Å². The predicted octanol–water partition coefficient (Wildman–Crippen LogP) is 0.815. The van der Waals surface area contributed by atoms with E-state index in [1.165, 1.54) is 17.8 Å². The molecular weight excluding hydrogens is 268 g/mol. The Morgan fingerprint density at radius 1 is 1.47 bits per heavy atom. The minimum Gasteiger partial charge on any atom is -0.416 e. The third-order valence-electron chi connectivity index (χ3n) is 2.69. The predicted molar refractivity (Wildman–Crippen MR) is 66.6 cm³/mol. The van der Waals surface area contributed by atoms with Gasteiger partial charge in [-0.2, -0.15) is 0 Å². The Hall–Kier alpha value is -1.67. The van der Waals surface area contributed by atoms with Gasteiger partial charge in [0.05, 0.1) is 5.69 Å². The van der Waals surface area contributed by atoms with E-state index in [0.717, 1.165) is 12.8 Å². The van der Waals surface area contributed by atoms with Crippen LogP contribution < -0.4 is 5.56 Å². The maximum atomic E-state index is 11.3. The van der Waals surface area contributed by atoms with Crippen LogP contribution in [-0.2, 0) is 12.4 Å². The molecule has 0 radical (unpaired) electrons. The number of thioether (sulfide) groups is 1. The van der Waals surface area contributed by atoms with Gasteiger partial charge in [-0.1, -0.05) is 11.8 Å². The second kappa shape index (κ2) is 5.14.